The van der Waals surface area contributed by atoms with E-state index in [-0.39, 0.29) is 29.1 Å². The predicted octanol–water partition coefficient (Wildman–Crippen LogP) is 0.889. The van der Waals surface area contributed by atoms with Crippen LogP contribution in [0.3, 0.4) is 0 Å². The number of carbonyl (C=O) groups is 3. The Bertz CT molecular complexity index is 767. The van der Waals surface area contributed by atoms with Gasteiger partial charge in [-0.05, 0) is 29.7 Å². The second kappa shape index (κ2) is 5.44. The summed E-state index contributed by atoms with van der Waals surface area (Å²) in [5, 5.41) is 10.9. The highest BCUT2D eigenvalue weighted by atomic mass is 16.4. The molecule has 22 heavy (non-hydrogen) atoms. The molecule has 0 bridgehead atoms. The van der Waals surface area contributed by atoms with Gasteiger partial charge in [0, 0.05) is 6.54 Å². The van der Waals surface area contributed by atoms with E-state index in [0.717, 1.165) is 10.5 Å². The highest BCUT2D eigenvalue weighted by Crippen LogP contribution is 2.24. The molecule has 1 heterocycles. The van der Waals surface area contributed by atoms with Crippen molar-refractivity contribution in [3.63, 3.8) is 0 Å². The highest BCUT2D eigenvalue weighted by Gasteiger charge is 2.35. The molecule has 0 unspecified atom stereocenters. The van der Waals surface area contributed by atoms with Crippen molar-refractivity contribution in [2.45, 2.75) is 6.42 Å². The van der Waals surface area contributed by atoms with E-state index in [1.165, 1.54) is 18.2 Å². The number of fused-ring (bicyclic) bond motifs is 1. The Labute approximate surface area is 126 Å². The van der Waals surface area contributed by atoms with Gasteiger partial charge in [-0.25, -0.2) is 0 Å². The van der Waals surface area contributed by atoms with E-state index >= 15 is 0 Å². The Hall–Kier alpha value is -2.95. The lowest BCUT2D eigenvalue weighted by molar-refractivity contribution is -0.255. The Balaban J connectivity index is 1.82. The average Bonchev–Trinajstić information content (AvgIpc) is 2.77. The molecular weight excluding hydrogens is 282 g/mol. The number of carboxylic acid groups (broad SMARTS) is 1. The van der Waals surface area contributed by atoms with Gasteiger partial charge in [-0.2, -0.15) is 0 Å². The zero-order chi connectivity index (χ0) is 15.7. The van der Waals surface area contributed by atoms with Crippen LogP contribution in [0.15, 0.2) is 48.5 Å². The lowest BCUT2D eigenvalue weighted by atomic mass is 10.1. The first-order valence-corrected chi connectivity index (χ1v) is 6.83. The number of aromatic carboxylic acids is 1. The Morgan fingerprint density at radius 1 is 0.955 bits per heavy atom. The van der Waals surface area contributed by atoms with Crippen LogP contribution < -0.4 is 5.11 Å². The SMILES string of the molecule is O=C([O-])c1ccc2c(c1)C(=O)N(CCc1ccccc1)C2=O. The summed E-state index contributed by atoms with van der Waals surface area (Å²) in [5.74, 6) is -2.22. The molecule has 0 aliphatic carbocycles. The Morgan fingerprint density at radius 2 is 1.64 bits per heavy atom. The van der Waals surface area contributed by atoms with Crippen LogP contribution in [-0.4, -0.2) is 29.2 Å². The van der Waals surface area contributed by atoms with Gasteiger partial charge in [0.25, 0.3) is 11.8 Å². The van der Waals surface area contributed by atoms with E-state index in [2.05, 4.69) is 0 Å². The van der Waals surface area contributed by atoms with Crippen LogP contribution in [0.1, 0.15) is 36.6 Å². The summed E-state index contributed by atoms with van der Waals surface area (Å²) >= 11 is 0. The molecule has 2 amide bonds. The third kappa shape index (κ3) is 2.37. The van der Waals surface area contributed by atoms with E-state index in [9.17, 15) is 19.5 Å². The van der Waals surface area contributed by atoms with E-state index < -0.39 is 11.9 Å². The van der Waals surface area contributed by atoms with Crippen molar-refractivity contribution in [3.05, 3.63) is 70.8 Å². The quantitative estimate of drug-likeness (QED) is 0.785. The van der Waals surface area contributed by atoms with Gasteiger partial charge in [0.05, 0.1) is 17.1 Å². The molecule has 3 rings (SSSR count). The van der Waals surface area contributed by atoms with Gasteiger partial charge in [0.1, 0.15) is 0 Å². The normalized spacial score (nSPS) is 13.4. The Kier molecular flexibility index (Phi) is 3.47. The second-order valence-electron chi connectivity index (χ2n) is 5.05. The first-order chi connectivity index (χ1) is 10.6. The molecule has 0 spiro atoms. The summed E-state index contributed by atoms with van der Waals surface area (Å²) in [6.07, 6.45) is 0.555. The van der Waals surface area contributed by atoms with Crippen LogP contribution in [0.25, 0.3) is 0 Å². The van der Waals surface area contributed by atoms with Gasteiger partial charge in [-0.1, -0.05) is 36.4 Å². The molecule has 110 valence electrons. The molecule has 0 atom stereocenters. The number of carbonyl (C=O) groups excluding carboxylic acids is 3. The van der Waals surface area contributed by atoms with Crippen molar-refractivity contribution in [2.75, 3.05) is 6.54 Å². The number of carboxylic acids is 1. The maximum absolute atomic E-state index is 12.3. The lowest BCUT2D eigenvalue weighted by Gasteiger charge is -2.13. The lowest BCUT2D eigenvalue weighted by Crippen LogP contribution is -2.31. The first-order valence-electron chi connectivity index (χ1n) is 6.83. The third-order valence-corrected chi connectivity index (χ3v) is 3.67. The summed E-state index contributed by atoms with van der Waals surface area (Å²) in [4.78, 5) is 36.6. The number of benzene rings is 2. The molecule has 2 aromatic carbocycles. The van der Waals surface area contributed by atoms with Gasteiger partial charge >= 0.3 is 0 Å². The number of hydrogen-bond acceptors (Lipinski definition) is 4. The van der Waals surface area contributed by atoms with Crippen LogP contribution in [0, 0.1) is 0 Å². The maximum atomic E-state index is 12.3. The van der Waals surface area contributed by atoms with Crippen molar-refractivity contribution in [1.29, 1.82) is 0 Å². The van der Waals surface area contributed by atoms with Crippen molar-refractivity contribution in [1.82, 2.24) is 4.90 Å². The van der Waals surface area contributed by atoms with Crippen LogP contribution in [0.4, 0.5) is 0 Å². The number of rotatable bonds is 4. The molecule has 1 aliphatic rings. The fraction of sp³-hybridized carbons (Fsp3) is 0.118. The molecule has 5 nitrogen and oxygen atoms in total. The fourth-order valence-electron chi connectivity index (χ4n) is 2.51. The van der Waals surface area contributed by atoms with Crippen molar-refractivity contribution in [3.8, 4) is 0 Å². The van der Waals surface area contributed by atoms with E-state index in [1.807, 2.05) is 30.3 Å². The number of nitrogens with zero attached hydrogens (tertiary/aromatic N) is 1. The second-order valence-corrected chi connectivity index (χ2v) is 5.05. The van der Waals surface area contributed by atoms with Crippen molar-refractivity contribution >= 4 is 17.8 Å². The van der Waals surface area contributed by atoms with Crippen LogP contribution in [-0.2, 0) is 6.42 Å². The molecule has 0 aromatic heterocycles. The van der Waals surface area contributed by atoms with Gasteiger partial charge in [-0.3, -0.25) is 14.5 Å². The molecule has 0 fully saturated rings. The summed E-state index contributed by atoms with van der Waals surface area (Å²) < 4.78 is 0. The van der Waals surface area contributed by atoms with Gasteiger partial charge in [0.15, 0.2) is 0 Å². The molecule has 1 aliphatic heterocycles. The number of amides is 2. The maximum Gasteiger partial charge on any atom is 0.261 e. The van der Waals surface area contributed by atoms with Crippen LogP contribution in [0.2, 0.25) is 0 Å². The zero-order valence-electron chi connectivity index (χ0n) is 11.6. The highest BCUT2D eigenvalue weighted by molar-refractivity contribution is 6.21. The van der Waals surface area contributed by atoms with E-state index in [0.29, 0.717) is 6.42 Å². The monoisotopic (exact) mass is 294 g/mol. The molecular formula is C17H12NO4-. The minimum atomic E-state index is -1.37. The minimum absolute atomic E-state index is 0.107. The predicted molar refractivity (Wildman–Crippen MR) is 76.3 cm³/mol. The third-order valence-electron chi connectivity index (χ3n) is 3.67. The Morgan fingerprint density at radius 3 is 2.32 bits per heavy atom. The van der Waals surface area contributed by atoms with Crippen LogP contribution >= 0.6 is 0 Å². The summed E-state index contributed by atoms with van der Waals surface area (Å²) in [7, 11) is 0. The van der Waals surface area contributed by atoms with Gasteiger partial charge in [-0.15, -0.1) is 0 Å². The van der Waals surface area contributed by atoms with Crippen molar-refractivity contribution < 1.29 is 19.5 Å². The number of hydrogen-bond donors (Lipinski definition) is 0. The topological polar surface area (TPSA) is 77.5 Å². The molecule has 0 radical (unpaired) electrons. The molecule has 0 saturated carbocycles. The average molecular weight is 294 g/mol. The molecule has 5 heteroatoms. The summed E-state index contributed by atoms with van der Waals surface area (Å²) in [5.41, 5.74) is 1.28. The standard InChI is InChI=1S/C17H13NO4/c19-15-13-7-6-12(17(21)22)10-14(13)16(20)18(15)9-8-11-4-2-1-3-5-11/h1-7,10H,8-9H2,(H,21,22)/p-1. The van der Waals surface area contributed by atoms with Crippen LogP contribution in [0.5, 0.6) is 0 Å². The largest absolute Gasteiger partial charge is 0.545 e. The first kappa shape index (κ1) is 14.0. The van der Waals surface area contributed by atoms with E-state index in [1.54, 1.807) is 0 Å². The van der Waals surface area contributed by atoms with Crippen molar-refractivity contribution in [2.24, 2.45) is 0 Å². The van der Waals surface area contributed by atoms with Gasteiger partial charge < -0.3 is 9.90 Å². The molecule has 0 saturated heterocycles. The van der Waals surface area contributed by atoms with E-state index in [4.69, 9.17) is 0 Å². The zero-order valence-corrected chi connectivity index (χ0v) is 11.6. The fourth-order valence-corrected chi connectivity index (χ4v) is 2.51. The number of imide groups is 1. The molecule has 0 N–H and O–H groups in total. The van der Waals surface area contributed by atoms with Gasteiger partial charge in [0.2, 0.25) is 0 Å². The molecule has 2 aromatic rings. The minimum Gasteiger partial charge on any atom is -0.545 e. The summed E-state index contributed by atoms with van der Waals surface area (Å²) in [6.45, 7) is 0.261. The smallest absolute Gasteiger partial charge is 0.261 e. The summed E-state index contributed by atoms with van der Waals surface area (Å²) in [6, 6.07) is 13.4.